The van der Waals surface area contributed by atoms with Crippen LogP contribution in [0, 0.1) is 24.1 Å². The number of aliphatic carboxylic acids is 1. The zero-order chi connectivity index (χ0) is 21.1. The van der Waals surface area contributed by atoms with Crippen molar-refractivity contribution in [2.45, 2.75) is 20.1 Å². The highest BCUT2D eigenvalue weighted by Gasteiger charge is 2.27. The van der Waals surface area contributed by atoms with Gasteiger partial charge in [0.05, 0.1) is 23.0 Å². The van der Waals surface area contributed by atoms with Crippen molar-refractivity contribution in [2.24, 2.45) is 4.99 Å². The predicted molar refractivity (Wildman–Crippen MR) is 103 cm³/mol. The second kappa shape index (κ2) is 8.04. The number of hydrogen-bond acceptors (Lipinski definition) is 5. The molecular formula is C21H17FN4O3. The predicted octanol–water partition coefficient (Wildman–Crippen LogP) is 3.12. The first-order valence-corrected chi connectivity index (χ1v) is 8.63. The third kappa shape index (κ3) is 3.90. The zero-order valence-electron chi connectivity index (χ0n) is 15.7. The van der Waals surface area contributed by atoms with Crippen LogP contribution in [0.2, 0.25) is 0 Å². The number of hydrogen-bond donors (Lipinski definition) is 2. The molecule has 0 saturated heterocycles. The molecular weight excluding hydrogens is 375 g/mol. The molecule has 1 aliphatic heterocycles. The summed E-state index contributed by atoms with van der Waals surface area (Å²) in [6, 6.07) is 13.4. The Balaban J connectivity index is 0.000000552. The molecule has 0 saturated carbocycles. The third-order valence-electron chi connectivity index (χ3n) is 4.20. The van der Waals surface area contributed by atoms with Crippen LogP contribution in [0.25, 0.3) is 5.69 Å². The number of aliphatic imine (C=N–C) groups is 1. The molecule has 0 radical (unpaired) electrons. The van der Waals surface area contributed by atoms with E-state index >= 15 is 0 Å². The van der Waals surface area contributed by atoms with Gasteiger partial charge in [-0.15, -0.1) is 0 Å². The first kappa shape index (κ1) is 19.9. The smallest absolute Gasteiger partial charge is 0.300 e. The molecule has 1 aromatic heterocycles. The normalized spacial score (nSPS) is 14.3. The number of carboxylic acids is 1. The summed E-state index contributed by atoms with van der Waals surface area (Å²) in [5.74, 6) is -0.923. The Labute approximate surface area is 166 Å². The van der Waals surface area contributed by atoms with Crippen molar-refractivity contribution in [1.82, 2.24) is 9.55 Å². The molecule has 3 aromatic rings. The van der Waals surface area contributed by atoms with Crippen LogP contribution in [0.4, 0.5) is 4.39 Å². The lowest BCUT2D eigenvalue weighted by Gasteiger charge is -2.13. The average Bonchev–Trinajstić information content (AvgIpc) is 3.01. The van der Waals surface area contributed by atoms with E-state index in [0.717, 1.165) is 12.6 Å². The number of nitrogens with zero attached hydrogens (tertiary/aromatic N) is 4. The topological polar surface area (TPSA) is 112 Å². The molecule has 2 aromatic carbocycles. The van der Waals surface area contributed by atoms with Gasteiger partial charge in [-0.1, -0.05) is 12.1 Å². The minimum Gasteiger partial charge on any atom is -0.481 e. The van der Waals surface area contributed by atoms with Crippen molar-refractivity contribution in [3.63, 3.8) is 0 Å². The summed E-state index contributed by atoms with van der Waals surface area (Å²) in [7, 11) is 0. The number of fused-ring (bicyclic) bond motifs is 3. The molecule has 29 heavy (non-hydrogen) atoms. The zero-order valence-corrected chi connectivity index (χ0v) is 15.7. The Morgan fingerprint density at radius 2 is 1.93 bits per heavy atom. The van der Waals surface area contributed by atoms with Crippen LogP contribution in [0.1, 0.15) is 41.4 Å². The number of carboxylic acid groups (broad SMARTS) is 1. The highest BCUT2D eigenvalue weighted by molar-refractivity contribution is 6.15. The number of rotatable bonds is 1. The molecule has 7 nitrogen and oxygen atoms in total. The van der Waals surface area contributed by atoms with Crippen LogP contribution in [0.3, 0.4) is 0 Å². The van der Waals surface area contributed by atoms with Gasteiger partial charge < -0.3 is 10.2 Å². The molecule has 2 N–H and O–H groups in total. The minimum absolute atomic E-state index is 0.265. The SMILES string of the molecule is CC(=O)O.Cc1cnc2n1-c1ccc(C#N)cc1C(c1ccccc1F)=NC2O. The second-order valence-corrected chi connectivity index (χ2v) is 6.29. The van der Waals surface area contributed by atoms with Crippen LogP contribution < -0.4 is 0 Å². The van der Waals surface area contributed by atoms with Gasteiger partial charge in [0, 0.05) is 29.9 Å². The Morgan fingerprint density at radius 3 is 2.59 bits per heavy atom. The lowest BCUT2D eigenvalue weighted by Crippen LogP contribution is -2.10. The summed E-state index contributed by atoms with van der Waals surface area (Å²) in [6.07, 6.45) is 0.408. The van der Waals surface area contributed by atoms with Gasteiger partial charge in [0.25, 0.3) is 5.97 Å². The van der Waals surface area contributed by atoms with E-state index in [0.29, 0.717) is 28.4 Å². The second-order valence-electron chi connectivity index (χ2n) is 6.29. The van der Waals surface area contributed by atoms with E-state index in [1.165, 1.54) is 6.07 Å². The number of carbonyl (C=O) groups is 1. The van der Waals surface area contributed by atoms with E-state index < -0.39 is 18.0 Å². The summed E-state index contributed by atoms with van der Waals surface area (Å²) < 4.78 is 16.2. The van der Waals surface area contributed by atoms with E-state index in [2.05, 4.69) is 16.0 Å². The molecule has 1 atom stereocenters. The van der Waals surface area contributed by atoms with Crippen molar-refractivity contribution in [3.05, 3.63) is 82.7 Å². The standard InChI is InChI=1S/C19H13FN4O.C2H4O2/c1-11-10-22-18-19(25)23-17(13-4-2-3-5-15(13)20)14-8-12(9-21)6-7-16(14)24(11)18;1-2(3)4/h2-8,10,19,25H,1H3;1H3,(H,3,4). The molecule has 2 heterocycles. The molecule has 0 spiro atoms. The maximum absolute atomic E-state index is 14.4. The summed E-state index contributed by atoms with van der Waals surface area (Å²) in [5, 5.41) is 27.2. The van der Waals surface area contributed by atoms with Crippen LogP contribution in [0.15, 0.2) is 53.7 Å². The fourth-order valence-corrected chi connectivity index (χ4v) is 3.06. The van der Waals surface area contributed by atoms with Gasteiger partial charge in [-0.3, -0.25) is 9.36 Å². The third-order valence-corrected chi connectivity index (χ3v) is 4.20. The van der Waals surface area contributed by atoms with Crippen LogP contribution in [-0.2, 0) is 4.79 Å². The van der Waals surface area contributed by atoms with Crippen molar-refractivity contribution in [3.8, 4) is 11.8 Å². The molecule has 4 rings (SSSR count). The molecule has 0 bridgehead atoms. The van der Waals surface area contributed by atoms with Crippen LogP contribution in [0.5, 0.6) is 0 Å². The van der Waals surface area contributed by atoms with Gasteiger partial charge in [-0.25, -0.2) is 14.4 Å². The van der Waals surface area contributed by atoms with Gasteiger partial charge in [0.15, 0.2) is 5.82 Å². The van der Waals surface area contributed by atoms with Gasteiger partial charge in [-0.05, 0) is 37.3 Å². The number of imidazole rings is 1. The van der Waals surface area contributed by atoms with Gasteiger partial charge in [-0.2, -0.15) is 5.26 Å². The average molecular weight is 392 g/mol. The maximum Gasteiger partial charge on any atom is 0.300 e. The minimum atomic E-state index is -1.23. The van der Waals surface area contributed by atoms with Crippen LogP contribution in [-0.4, -0.2) is 31.4 Å². The van der Waals surface area contributed by atoms with E-state index in [1.807, 2.05) is 6.92 Å². The first-order valence-electron chi connectivity index (χ1n) is 8.63. The fraction of sp³-hybridized carbons (Fsp3) is 0.143. The van der Waals surface area contributed by atoms with Crippen LogP contribution >= 0.6 is 0 Å². The highest BCUT2D eigenvalue weighted by Crippen LogP contribution is 2.31. The van der Waals surface area contributed by atoms with E-state index in [9.17, 15) is 14.8 Å². The Morgan fingerprint density at radius 1 is 1.24 bits per heavy atom. The van der Waals surface area contributed by atoms with E-state index in [4.69, 9.17) is 9.90 Å². The molecule has 0 aliphatic carbocycles. The van der Waals surface area contributed by atoms with Gasteiger partial charge >= 0.3 is 0 Å². The first-order chi connectivity index (χ1) is 13.8. The Kier molecular flexibility index (Phi) is 5.52. The number of aliphatic hydroxyl groups excluding tert-OH is 1. The van der Waals surface area contributed by atoms with E-state index in [-0.39, 0.29) is 5.56 Å². The Bertz CT molecular complexity index is 1160. The number of benzene rings is 2. The highest BCUT2D eigenvalue weighted by atomic mass is 19.1. The van der Waals surface area contributed by atoms with Crippen molar-refractivity contribution >= 4 is 11.7 Å². The van der Waals surface area contributed by atoms with Crippen molar-refractivity contribution in [1.29, 1.82) is 5.26 Å². The van der Waals surface area contributed by atoms with Crippen molar-refractivity contribution < 1.29 is 19.4 Å². The molecule has 0 fully saturated rings. The largest absolute Gasteiger partial charge is 0.481 e. The number of nitriles is 1. The summed E-state index contributed by atoms with van der Waals surface area (Å²) >= 11 is 0. The molecule has 146 valence electrons. The number of aromatic nitrogens is 2. The van der Waals surface area contributed by atoms with E-state index in [1.54, 1.807) is 47.2 Å². The molecule has 1 unspecified atom stereocenters. The summed E-state index contributed by atoms with van der Waals surface area (Å²) in [4.78, 5) is 17.6. The fourth-order valence-electron chi connectivity index (χ4n) is 3.06. The summed E-state index contributed by atoms with van der Waals surface area (Å²) in [6.45, 7) is 2.94. The maximum atomic E-state index is 14.4. The lowest BCUT2D eigenvalue weighted by atomic mass is 9.98. The molecule has 1 aliphatic rings. The monoisotopic (exact) mass is 392 g/mol. The number of aryl methyl sites for hydroxylation is 1. The van der Waals surface area contributed by atoms with Gasteiger partial charge in [0.1, 0.15) is 5.82 Å². The molecule has 8 heteroatoms. The van der Waals surface area contributed by atoms with Crippen molar-refractivity contribution in [2.75, 3.05) is 0 Å². The lowest BCUT2D eigenvalue weighted by molar-refractivity contribution is -0.134. The summed E-state index contributed by atoms with van der Waals surface area (Å²) in [5.41, 5.74) is 3.07. The number of halogens is 1. The quantitative estimate of drug-likeness (QED) is 0.661. The molecule has 0 amide bonds. The number of aliphatic hydroxyl groups is 1. The van der Waals surface area contributed by atoms with Gasteiger partial charge in [0.2, 0.25) is 6.23 Å². The Hall–Kier alpha value is -3.83.